The quantitative estimate of drug-likeness (QED) is 0.254. The molecule has 0 aliphatic heterocycles. The smallest absolute Gasteiger partial charge is 0.227 e. The molecule has 34 heavy (non-hydrogen) atoms. The fourth-order valence-corrected chi connectivity index (χ4v) is 3.99. The van der Waals surface area contributed by atoms with Crippen LogP contribution in [0.25, 0.3) is 22.0 Å². The number of hydrogen-bond donors (Lipinski definition) is 1. The maximum absolute atomic E-state index is 12.7. The van der Waals surface area contributed by atoms with Crippen molar-refractivity contribution < 1.29 is 4.79 Å². The Hall–Kier alpha value is -4.02. The second kappa shape index (κ2) is 9.86. The maximum Gasteiger partial charge on any atom is 0.227 e. The summed E-state index contributed by atoms with van der Waals surface area (Å²) in [4.78, 5) is 21.6. The molecule has 4 aromatic carbocycles. The number of anilines is 2. The van der Waals surface area contributed by atoms with Crippen LogP contribution in [0, 0.1) is 0 Å². The van der Waals surface area contributed by atoms with Crippen LogP contribution in [0.15, 0.2) is 103 Å². The Kier molecular flexibility index (Phi) is 6.32. The predicted molar refractivity (Wildman–Crippen MR) is 139 cm³/mol. The molecule has 0 saturated carbocycles. The largest absolute Gasteiger partial charge is 0.324 e. The van der Waals surface area contributed by atoms with Crippen LogP contribution in [0.5, 0.6) is 0 Å². The van der Waals surface area contributed by atoms with Gasteiger partial charge in [-0.2, -0.15) is 0 Å². The van der Waals surface area contributed by atoms with Crippen molar-refractivity contribution in [3.8, 4) is 11.3 Å². The normalized spacial score (nSPS) is 10.9. The van der Waals surface area contributed by atoms with Gasteiger partial charge in [-0.05, 0) is 65.2 Å². The summed E-state index contributed by atoms with van der Waals surface area (Å²) in [7, 11) is 0. The Balaban J connectivity index is 1.22. The van der Waals surface area contributed by atoms with E-state index in [-0.39, 0.29) is 5.78 Å². The molecule has 4 nitrogen and oxygen atoms in total. The number of nitrogens with zero attached hydrogens (tertiary/aromatic N) is 2. The summed E-state index contributed by atoms with van der Waals surface area (Å²) in [6, 6.07) is 31.4. The van der Waals surface area contributed by atoms with E-state index in [1.165, 1.54) is 16.3 Å². The number of carbonyl (C=O) groups is 1. The molecule has 5 rings (SSSR count). The van der Waals surface area contributed by atoms with E-state index in [1.54, 1.807) is 6.20 Å². The zero-order valence-electron chi connectivity index (χ0n) is 18.4. The van der Waals surface area contributed by atoms with E-state index in [1.807, 2.05) is 66.7 Å². The Morgan fingerprint density at radius 2 is 1.59 bits per heavy atom. The first-order chi connectivity index (χ1) is 16.6. The van der Waals surface area contributed by atoms with Crippen LogP contribution in [-0.4, -0.2) is 15.8 Å². The zero-order chi connectivity index (χ0) is 23.3. The Bertz CT molecular complexity index is 1450. The van der Waals surface area contributed by atoms with Crippen LogP contribution in [0.4, 0.5) is 11.6 Å². The molecular weight excluding hydrogens is 442 g/mol. The third kappa shape index (κ3) is 5.13. The minimum Gasteiger partial charge on any atom is -0.324 e. The Morgan fingerprint density at radius 3 is 2.38 bits per heavy atom. The summed E-state index contributed by atoms with van der Waals surface area (Å²) in [5.41, 5.74) is 4.45. The predicted octanol–water partition coefficient (Wildman–Crippen LogP) is 7.51. The molecule has 0 fully saturated rings. The number of benzene rings is 4. The fraction of sp³-hybridized carbons (Fsp3) is 0.0690. The van der Waals surface area contributed by atoms with Crippen LogP contribution in [0.1, 0.15) is 22.3 Å². The summed E-state index contributed by atoms with van der Waals surface area (Å²) in [5, 5.41) is 6.30. The van der Waals surface area contributed by atoms with E-state index in [2.05, 4.69) is 45.6 Å². The summed E-state index contributed by atoms with van der Waals surface area (Å²) >= 11 is 5.98. The van der Waals surface area contributed by atoms with Crippen LogP contribution in [-0.2, 0) is 6.42 Å². The first-order valence-electron chi connectivity index (χ1n) is 11.1. The van der Waals surface area contributed by atoms with Crippen LogP contribution in [0.3, 0.4) is 0 Å². The number of ketones is 1. The van der Waals surface area contributed by atoms with Crippen molar-refractivity contribution in [2.45, 2.75) is 12.8 Å². The van der Waals surface area contributed by atoms with Crippen molar-refractivity contribution in [3.05, 3.63) is 119 Å². The van der Waals surface area contributed by atoms with Gasteiger partial charge in [-0.3, -0.25) is 4.79 Å². The topological polar surface area (TPSA) is 54.9 Å². The summed E-state index contributed by atoms with van der Waals surface area (Å²) in [6.45, 7) is 0. The van der Waals surface area contributed by atoms with E-state index in [0.717, 1.165) is 23.4 Å². The average Bonchev–Trinajstić information content (AvgIpc) is 2.88. The number of Topliss-reactive ketones (excluding diaryl/α,β-unsaturated/α-hetero) is 1. The Morgan fingerprint density at radius 1 is 0.824 bits per heavy atom. The molecule has 1 N–H and O–H groups in total. The number of aromatic nitrogens is 2. The molecule has 5 aromatic rings. The van der Waals surface area contributed by atoms with Gasteiger partial charge in [0.15, 0.2) is 5.78 Å². The summed E-state index contributed by atoms with van der Waals surface area (Å²) in [5.74, 6) is 0.614. The lowest BCUT2D eigenvalue weighted by molar-refractivity contribution is 0.0983. The number of aryl methyl sites for hydroxylation is 1. The molecule has 1 aromatic heterocycles. The van der Waals surface area contributed by atoms with Crippen molar-refractivity contribution in [1.82, 2.24) is 9.97 Å². The zero-order valence-corrected chi connectivity index (χ0v) is 19.2. The monoisotopic (exact) mass is 463 g/mol. The molecule has 0 atom stereocenters. The summed E-state index contributed by atoms with van der Waals surface area (Å²) in [6.07, 6.45) is 2.90. The first kappa shape index (κ1) is 21.8. The number of halogens is 1. The third-order valence-electron chi connectivity index (χ3n) is 5.71. The highest BCUT2D eigenvalue weighted by atomic mass is 35.5. The minimum atomic E-state index is 0.126. The molecule has 0 aliphatic carbocycles. The van der Waals surface area contributed by atoms with Crippen LogP contribution < -0.4 is 5.32 Å². The molecule has 0 radical (unpaired) electrons. The molecule has 0 bridgehead atoms. The number of carbonyl (C=O) groups excluding carboxylic acids is 1. The molecular formula is C29H22ClN3O. The highest BCUT2D eigenvalue weighted by Crippen LogP contribution is 2.22. The van der Waals surface area contributed by atoms with Crippen molar-refractivity contribution in [2.24, 2.45) is 0 Å². The van der Waals surface area contributed by atoms with Crippen molar-refractivity contribution in [2.75, 3.05) is 5.32 Å². The van der Waals surface area contributed by atoms with Gasteiger partial charge in [0.05, 0.1) is 5.69 Å². The van der Waals surface area contributed by atoms with Gasteiger partial charge in [-0.25, -0.2) is 9.97 Å². The molecule has 1 heterocycles. The molecule has 5 heteroatoms. The molecule has 0 unspecified atom stereocenters. The number of fused-ring (bicyclic) bond motifs is 1. The van der Waals surface area contributed by atoms with Crippen molar-refractivity contribution in [3.63, 3.8) is 0 Å². The van der Waals surface area contributed by atoms with Gasteiger partial charge >= 0.3 is 0 Å². The lowest BCUT2D eigenvalue weighted by Crippen LogP contribution is -2.02. The van der Waals surface area contributed by atoms with Gasteiger partial charge in [0.25, 0.3) is 0 Å². The van der Waals surface area contributed by atoms with Crippen LogP contribution in [0.2, 0.25) is 5.02 Å². The lowest BCUT2D eigenvalue weighted by atomic mass is 10.0. The van der Waals surface area contributed by atoms with Gasteiger partial charge in [0.2, 0.25) is 5.95 Å². The maximum atomic E-state index is 12.7. The van der Waals surface area contributed by atoms with E-state index in [4.69, 9.17) is 11.6 Å². The number of nitrogens with one attached hydrogen (secondary N) is 1. The van der Waals surface area contributed by atoms with E-state index >= 15 is 0 Å². The highest BCUT2D eigenvalue weighted by Gasteiger charge is 2.08. The van der Waals surface area contributed by atoms with Gasteiger partial charge in [-0.1, -0.05) is 66.2 Å². The standard InChI is InChI=1S/C29H22ClN3O/c30-25-12-8-22(9-13-25)27-17-18-31-29(33-27)32-26-14-10-23(11-15-26)28(34)16-6-20-5-7-21-3-1-2-4-24(21)19-20/h1-5,7-15,17-19H,6,16H2,(H,31,32,33). The minimum absolute atomic E-state index is 0.126. The summed E-state index contributed by atoms with van der Waals surface area (Å²) < 4.78 is 0. The van der Waals surface area contributed by atoms with E-state index < -0.39 is 0 Å². The molecule has 0 amide bonds. The van der Waals surface area contributed by atoms with Gasteiger partial charge in [-0.15, -0.1) is 0 Å². The first-order valence-corrected chi connectivity index (χ1v) is 11.5. The van der Waals surface area contributed by atoms with Crippen LogP contribution >= 0.6 is 11.6 Å². The van der Waals surface area contributed by atoms with Gasteiger partial charge < -0.3 is 5.32 Å². The molecule has 166 valence electrons. The fourth-order valence-electron chi connectivity index (χ4n) is 3.87. The molecule has 0 aliphatic rings. The SMILES string of the molecule is O=C(CCc1ccc2ccccc2c1)c1ccc(Nc2nccc(-c3ccc(Cl)cc3)n2)cc1. The van der Waals surface area contributed by atoms with Crippen molar-refractivity contribution >= 4 is 39.8 Å². The van der Waals surface area contributed by atoms with E-state index in [0.29, 0.717) is 23.0 Å². The second-order valence-corrected chi connectivity index (χ2v) is 8.52. The van der Waals surface area contributed by atoms with Gasteiger partial charge in [0, 0.05) is 34.5 Å². The number of rotatable bonds is 7. The van der Waals surface area contributed by atoms with Crippen molar-refractivity contribution in [1.29, 1.82) is 0 Å². The highest BCUT2D eigenvalue weighted by molar-refractivity contribution is 6.30. The lowest BCUT2D eigenvalue weighted by Gasteiger charge is -2.08. The Labute approximate surface area is 203 Å². The molecule has 0 spiro atoms. The average molecular weight is 464 g/mol. The number of hydrogen-bond acceptors (Lipinski definition) is 4. The third-order valence-corrected chi connectivity index (χ3v) is 5.97. The van der Waals surface area contributed by atoms with E-state index in [9.17, 15) is 4.79 Å². The molecule has 0 saturated heterocycles. The second-order valence-electron chi connectivity index (χ2n) is 8.08. The van der Waals surface area contributed by atoms with Gasteiger partial charge in [0.1, 0.15) is 0 Å².